The molecule has 0 amide bonds. The number of hydrogen-bond donors (Lipinski definition) is 1. The Balaban J connectivity index is 1.76. The molecule has 4 nitrogen and oxygen atoms in total. The Morgan fingerprint density at radius 1 is 1.14 bits per heavy atom. The van der Waals surface area contributed by atoms with Crippen LogP contribution in [0.2, 0.25) is 0 Å². The minimum Gasteiger partial charge on any atom is -0.481 e. The maximum Gasteiger partial charge on any atom is 0.212 e. The van der Waals surface area contributed by atoms with Crippen LogP contribution < -0.4 is 10.5 Å². The number of methoxy groups -OCH3 is 1. The molecule has 0 unspecified atom stereocenters. The van der Waals surface area contributed by atoms with E-state index >= 15 is 0 Å². The zero-order chi connectivity index (χ0) is 14.7. The summed E-state index contributed by atoms with van der Waals surface area (Å²) in [5.74, 6) is 0.625. The van der Waals surface area contributed by atoms with Gasteiger partial charge in [0.1, 0.15) is 0 Å². The molecule has 21 heavy (non-hydrogen) atoms. The molecule has 3 rings (SSSR count). The molecule has 0 radical (unpaired) electrons. The smallest absolute Gasteiger partial charge is 0.212 e. The largest absolute Gasteiger partial charge is 0.481 e. The minimum absolute atomic E-state index is 0.625. The number of benzene rings is 1. The fourth-order valence-electron chi connectivity index (χ4n) is 1.99. The fraction of sp³-hybridized carbons (Fsp3) is 0.125. The van der Waals surface area contributed by atoms with E-state index in [9.17, 15) is 0 Å². The van der Waals surface area contributed by atoms with Crippen LogP contribution in [0.15, 0.2) is 48.0 Å². The molecule has 0 saturated carbocycles. The van der Waals surface area contributed by atoms with Crippen molar-refractivity contribution in [3.63, 3.8) is 0 Å². The average Bonchev–Trinajstić information content (AvgIpc) is 2.97. The van der Waals surface area contributed by atoms with Crippen molar-refractivity contribution in [1.82, 2.24) is 9.97 Å². The van der Waals surface area contributed by atoms with Crippen LogP contribution in [0.3, 0.4) is 0 Å². The lowest BCUT2D eigenvalue weighted by Crippen LogP contribution is -1.91. The van der Waals surface area contributed by atoms with Crippen LogP contribution in [0.5, 0.6) is 5.88 Å². The van der Waals surface area contributed by atoms with Gasteiger partial charge in [0.25, 0.3) is 0 Å². The number of pyridine rings is 1. The van der Waals surface area contributed by atoms with Gasteiger partial charge in [-0.1, -0.05) is 18.2 Å². The fourth-order valence-corrected chi connectivity index (χ4v) is 2.83. The number of nitrogens with two attached hydrogens (primary N) is 1. The third-order valence-electron chi connectivity index (χ3n) is 3.12. The quantitative estimate of drug-likeness (QED) is 0.750. The number of hydrogen-bond acceptors (Lipinski definition) is 5. The van der Waals surface area contributed by atoms with Gasteiger partial charge in [-0.3, -0.25) is 0 Å². The molecule has 2 N–H and O–H groups in total. The van der Waals surface area contributed by atoms with E-state index in [0.717, 1.165) is 33.9 Å². The van der Waals surface area contributed by atoms with Gasteiger partial charge in [-0.25, -0.2) is 9.97 Å². The highest BCUT2D eigenvalue weighted by Gasteiger charge is 2.06. The first-order chi connectivity index (χ1) is 10.2. The molecule has 0 atom stereocenters. The van der Waals surface area contributed by atoms with Gasteiger partial charge in [0.2, 0.25) is 5.88 Å². The molecule has 0 aliphatic carbocycles. The molecule has 5 heteroatoms. The molecule has 0 fully saturated rings. The van der Waals surface area contributed by atoms with Gasteiger partial charge in [0.15, 0.2) is 0 Å². The second-order valence-corrected chi connectivity index (χ2v) is 5.58. The molecule has 1 aromatic carbocycles. The number of thiazole rings is 1. The highest BCUT2D eigenvalue weighted by molar-refractivity contribution is 7.10. The van der Waals surface area contributed by atoms with E-state index in [-0.39, 0.29) is 0 Å². The monoisotopic (exact) mass is 297 g/mol. The molecule has 0 aliphatic rings. The Hall–Kier alpha value is -2.40. The summed E-state index contributed by atoms with van der Waals surface area (Å²) < 4.78 is 5.06. The van der Waals surface area contributed by atoms with Crippen molar-refractivity contribution in [1.29, 1.82) is 0 Å². The van der Waals surface area contributed by atoms with Gasteiger partial charge in [0, 0.05) is 35.3 Å². The molecular formula is C16H15N3OS. The standard InChI is InChI=1S/C16H15N3OS/c1-20-15-7-2-11(9-18-15)8-16-19-14(10-21-16)12-3-5-13(17)6-4-12/h2-7,9-10H,8,17H2,1H3. The topological polar surface area (TPSA) is 61.0 Å². The third-order valence-corrected chi connectivity index (χ3v) is 3.97. The van der Waals surface area contributed by atoms with Crippen molar-refractivity contribution in [3.8, 4) is 17.1 Å². The number of ether oxygens (including phenoxy) is 1. The molecule has 2 heterocycles. The maximum absolute atomic E-state index is 5.70. The number of rotatable bonds is 4. The van der Waals surface area contributed by atoms with E-state index < -0.39 is 0 Å². The van der Waals surface area contributed by atoms with Gasteiger partial charge >= 0.3 is 0 Å². The number of aromatic nitrogens is 2. The van der Waals surface area contributed by atoms with Crippen LogP contribution >= 0.6 is 11.3 Å². The van der Waals surface area contributed by atoms with Gasteiger partial charge in [-0.15, -0.1) is 11.3 Å². The predicted molar refractivity (Wildman–Crippen MR) is 85.6 cm³/mol. The Labute approximate surface area is 127 Å². The van der Waals surface area contributed by atoms with Gasteiger partial charge in [-0.2, -0.15) is 0 Å². The third kappa shape index (κ3) is 3.20. The van der Waals surface area contributed by atoms with Crippen molar-refractivity contribution in [2.45, 2.75) is 6.42 Å². The minimum atomic E-state index is 0.625. The van der Waals surface area contributed by atoms with Crippen molar-refractivity contribution in [2.24, 2.45) is 0 Å². The summed E-state index contributed by atoms with van der Waals surface area (Å²) in [4.78, 5) is 8.88. The first-order valence-electron chi connectivity index (χ1n) is 6.54. The first-order valence-corrected chi connectivity index (χ1v) is 7.42. The molecule has 3 aromatic rings. The summed E-state index contributed by atoms with van der Waals surface area (Å²) in [6.45, 7) is 0. The van der Waals surface area contributed by atoms with Crippen molar-refractivity contribution in [2.75, 3.05) is 12.8 Å². The lowest BCUT2D eigenvalue weighted by molar-refractivity contribution is 0.397. The molecule has 106 valence electrons. The average molecular weight is 297 g/mol. The van der Waals surface area contributed by atoms with Crippen LogP contribution in [0.4, 0.5) is 5.69 Å². The number of nitrogen functional groups attached to an aromatic ring is 1. The molecule has 0 saturated heterocycles. The molecule has 0 aliphatic heterocycles. The highest BCUT2D eigenvalue weighted by Crippen LogP contribution is 2.24. The van der Waals surface area contributed by atoms with E-state index in [1.54, 1.807) is 18.4 Å². The van der Waals surface area contributed by atoms with Gasteiger partial charge in [-0.05, 0) is 17.7 Å². The first kappa shape index (κ1) is 13.6. The SMILES string of the molecule is COc1ccc(Cc2nc(-c3ccc(N)cc3)cs2)cn1. The lowest BCUT2D eigenvalue weighted by Gasteiger charge is -2.00. The van der Waals surface area contributed by atoms with Crippen molar-refractivity contribution < 1.29 is 4.74 Å². The van der Waals surface area contributed by atoms with Crippen LogP contribution in [-0.4, -0.2) is 17.1 Å². The highest BCUT2D eigenvalue weighted by atomic mass is 32.1. The molecular weight excluding hydrogens is 282 g/mol. The lowest BCUT2D eigenvalue weighted by atomic mass is 10.1. The van der Waals surface area contributed by atoms with Crippen LogP contribution in [0.1, 0.15) is 10.6 Å². The van der Waals surface area contributed by atoms with E-state index in [1.165, 1.54) is 0 Å². The zero-order valence-corrected chi connectivity index (χ0v) is 12.4. The Kier molecular flexibility index (Phi) is 3.83. The normalized spacial score (nSPS) is 10.5. The van der Waals surface area contributed by atoms with Crippen LogP contribution in [0.25, 0.3) is 11.3 Å². The second-order valence-electron chi connectivity index (χ2n) is 4.63. The summed E-state index contributed by atoms with van der Waals surface area (Å²) in [6, 6.07) is 11.6. The van der Waals surface area contributed by atoms with Gasteiger partial charge in [0.05, 0.1) is 17.8 Å². The second kappa shape index (κ2) is 5.93. The van der Waals surface area contributed by atoms with Crippen molar-refractivity contribution >= 4 is 17.0 Å². The summed E-state index contributed by atoms with van der Waals surface area (Å²) in [5.41, 5.74) is 9.65. The van der Waals surface area contributed by atoms with Crippen molar-refractivity contribution in [3.05, 3.63) is 58.5 Å². The number of anilines is 1. The molecule has 2 aromatic heterocycles. The summed E-state index contributed by atoms with van der Waals surface area (Å²) in [7, 11) is 1.61. The zero-order valence-electron chi connectivity index (χ0n) is 11.6. The number of nitrogens with zero attached hydrogens (tertiary/aromatic N) is 2. The molecule has 0 spiro atoms. The van der Waals surface area contributed by atoms with E-state index in [4.69, 9.17) is 10.5 Å². The predicted octanol–water partition coefficient (Wildman–Crippen LogP) is 3.39. The Morgan fingerprint density at radius 2 is 1.95 bits per heavy atom. The van der Waals surface area contributed by atoms with E-state index in [0.29, 0.717) is 5.88 Å². The summed E-state index contributed by atoms with van der Waals surface area (Å²) in [6.07, 6.45) is 2.60. The van der Waals surface area contributed by atoms with E-state index in [1.807, 2.05) is 42.6 Å². The summed E-state index contributed by atoms with van der Waals surface area (Å²) in [5, 5.41) is 3.13. The summed E-state index contributed by atoms with van der Waals surface area (Å²) >= 11 is 1.65. The van der Waals surface area contributed by atoms with E-state index in [2.05, 4.69) is 15.3 Å². The molecule has 0 bridgehead atoms. The van der Waals surface area contributed by atoms with Crippen LogP contribution in [0, 0.1) is 0 Å². The Morgan fingerprint density at radius 3 is 2.62 bits per heavy atom. The maximum atomic E-state index is 5.70. The van der Waals surface area contributed by atoms with Gasteiger partial charge < -0.3 is 10.5 Å². The van der Waals surface area contributed by atoms with Crippen LogP contribution in [-0.2, 0) is 6.42 Å². The Bertz CT molecular complexity index is 720.